The van der Waals surface area contributed by atoms with Crippen molar-refractivity contribution >= 4 is 11.6 Å². The Kier molecular flexibility index (Phi) is 3.17. The van der Waals surface area contributed by atoms with Crippen molar-refractivity contribution in [3.8, 4) is 0 Å². The van der Waals surface area contributed by atoms with E-state index in [2.05, 4.69) is 15.5 Å². The predicted molar refractivity (Wildman–Crippen MR) is 55.5 cm³/mol. The van der Waals surface area contributed by atoms with Gasteiger partial charge in [0.05, 0.1) is 6.54 Å². The molecule has 0 aliphatic carbocycles. The maximum absolute atomic E-state index is 11.9. The third-order valence-corrected chi connectivity index (χ3v) is 2.19. The van der Waals surface area contributed by atoms with Gasteiger partial charge < -0.3 is 5.32 Å². The van der Waals surface area contributed by atoms with E-state index in [0.29, 0.717) is 11.5 Å². The molecule has 0 fully saturated rings. The van der Waals surface area contributed by atoms with Crippen molar-refractivity contribution in [3.63, 3.8) is 0 Å². The third-order valence-electron chi connectivity index (χ3n) is 2.19. The van der Waals surface area contributed by atoms with Crippen LogP contribution in [0.1, 0.15) is 12.2 Å². The van der Waals surface area contributed by atoms with Gasteiger partial charge in [0, 0.05) is 6.20 Å². The monoisotopic (exact) mass is 258 g/mol. The number of fused-ring (bicyclic) bond motifs is 1. The second-order valence-electron chi connectivity index (χ2n) is 3.61. The summed E-state index contributed by atoms with van der Waals surface area (Å²) in [7, 11) is 0. The van der Waals surface area contributed by atoms with Crippen LogP contribution in [0, 0.1) is 0 Å². The number of halogens is 3. The van der Waals surface area contributed by atoms with Crippen molar-refractivity contribution in [3.05, 3.63) is 30.2 Å². The van der Waals surface area contributed by atoms with Crippen LogP contribution in [0.4, 0.5) is 13.2 Å². The lowest BCUT2D eigenvalue weighted by atomic mass is 10.4. The van der Waals surface area contributed by atoms with Gasteiger partial charge >= 0.3 is 6.18 Å². The normalized spacial score (nSPS) is 11.7. The van der Waals surface area contributed by atoms with Gasteiger partial charge in [-0.25, -0.2) is 0 Å². The zero-order chi connectivity index (χ0) is 13.2. The minimum Gasteiger partial charge on any atom is -0.348 e. The minimum absolute atomic E-state index is 0.0971. The SMILES string of the molecule is O=C(CC(F)(F)F)NCc1nnc2ccccn12. The lowest BCUT2D eigenvalue weighted by molar-refractivity contribution is -0.153. The van der Waals surface area contributed by atoms with Gasteiger partial charge in [-0.3, -0.25) is 9.20 Å². The third kappa shape index (κ3) is 2.96. The number of hydrogen-bond acceptors (Lipinski definition) is 3. The smallest absolute Gasteiger partial charge is 0.348 e. The molecule has 0 saturated carbocycles. The van der Waals surface area contributed by atoms with Crippen LogP contribution in [0.3, 0.4) is 0 Å². The summed E-state index contributed by atoms with van der Waals surface area (Å²) in [5.74, 6) is -0.712. The summed E-state index contributed by atoms with van der Waals surface area (Å²) in [6.07, 6.45) is -4.33. The van der Waals surface area contributed by atoms with E-state index in [1.165, 1.54) is 0 Å². The summed E-state index contributed by atoms with van der Waals surface area (Å²) in [6, 6.07) is 5.20. The first-order valence-electron chi connectivity index (χ1n) is 5.08. The van der Waals surface area contributed by atoms with Crippen LogP contribution in [0.15, 0.2) is 24.4 Å². The highest BCUT2D eigenvalue weighted by molar-refractivity contribution is 5.76. The van der Waals surface area contributed by atoms with E-state index in [1.807, 2.05) is 0 Å². The van der Waals surface area contributed by atoms with Gasteiger partial charge in [-0.1, -0.05) is 6.07 Å². The molecule has 0 saturated heterocycles. The molecule has 1 amide bonds. The van der Waals surface area contributed by atoms with Crippen molar-refractivity contribution in [2.24, 2.45) is 0 Å². The van der Waals surface area contributed by atoms with Crippen LogP contribution >= 0.6 is 0 Å². The average Bonchev–Trinajstić information content (AvgIpc) is 2.67. The number of nitrogens with zero attached hydrogens (tertiary/aromatic N) is 3. The van der Waals surface area contributed by atoms with Crippen LogP contribution in [0.25, 0.3) is 5.65 Å². The number of rotatable bonds is 3. The van der Waals surface area contributed by atoms with E-state index >= 15 is 0 Å². The number of pyridine rings is 1. The lowest BCUT2D eigenvalue weighted by Crippen LogP contribution is -2.28. The molecule has 0 spiro atoms. The summed E-state index contributed by atoms with van der Waals surface area (Å²) in [5.41, 5.74) is 0.567. The van der Waals surface area contributed by atoms with E-state index in [4.69, 9.17) is 0 Å². The Balaban J connectivity index is 2.00. The standard InChI is InChI=1S/C10H9F3N4O/c11-10(12,13)5-9(18)14-6-8-16-15-7-3-1-2-4-17(7)8/h1-4H,5-6H2,(H,14,18). The van der Waals surface area contributed by atoms with Crippen LogP contribution in [0.2, 0.25) is 0 Å². The van der Waals surface area contributed by atoms with E-state index in [1.54, 1.807) is 28.8 Å². The number of carbonyl (C=O) groups is 1. The maximum Gasteiger partial charge on any atom is 0.397 e. The fourth-order valence-corrected chi connectivity index (χ4v) is 1.43. The van der Waals surface area contributed by atoms with E-state index in [9.17, 15) is 18.0 Å². The largest absolute Gasteiger partial charge is 0.397 e. The molecule has 5 nitrogen and oxygen atoms in total. The zero-order valence-electron chi connectivity index (χ0n) is 9.11. The van der Waals surface area contributed by atoms with E-state index < -0.39 is 18.5 Å². The molecule has 0 unspecified atom stereocenters. The lowest BCUT2D eigenvalue weighted by Gasteiger charge is -2.06. The Hall–Kier alpha value is -2.12. The molecule has 0 radical (unpaired) electrons. The number of aromatic nitrogens is 3. The molecule has 0 bridgehead atoms. The van der Waals surface area contributed by atoms with Gasteiger partial charge in [-0.2, -0.15) is 13.2 Å². The average molecular weight is 258 g/mol. The number of amides is 1. The molecular weight excluding hydrogens is 249 g/mol. The number of hydrogen-bond donors (Lipinski definition) is 1. The molecule has 2 aromatic heterocycles. The summed E-state index contributed by atoms with van der Waals surface area (Å²) in [5, 5.41) is 9.74. The summed E-state index contributed by atoms with van der Waals surface area (Å²) >= 11 is 0. The molecule has 1 N–H and O–H groups in total. The summed E-state index contributed by atoms with van der Waals surface area (Å²) < 4.78 is 37.4. The van der Waals surface area contributed by atoms with Crippen LogP contribution in [-0.4, -0.2) is 26.7 Å². The molecule has 96 valence electrons. The highest BCUT2D eigenvalue weighted by Crippen LogP contribution is 2.18. The summed E-state index contributed by atoms with van der Waals surface area (Å²) in [4.78, 5) is 11.0. The van der Waals surface area contributed by atoms with Crippen LogP contribution in [-0.2, 0) is 11.3 Å². The predicted octanol–water partition coefficient (Wildman–Crippen LogP) is 1.30. The molecule has 0 atom stereocenters. The topological polar surface area (TPSA) is 59.3 Å². The van der Waals surface area contributed by atoms with Crippen molar-refractivity contribution in [2.45, 2.75) is 19.1 Å². The number of carbonyl (C=O) groups excluding carboxylic acids is 1. The molecule has 8 heteroatoms. The first-order chi connectivity index (χ1) is 8.46. The first kappa shape index (κ1) is 12.3. The van der Waals surface area contributed by atoms with Gasteiger partial charge in [-0.15, -0.1) is 10.2 Å². The molecule has 2 aromatic rings. The van der Waals surface area contributed by atoms with Gasteiger partial charge in [-0.05, 0) is 12.1 Å². The number of nitrogens with one attached hydrogen (secondary N) is 1. The van der Waals surface area contributed by atoms with E-state index in [0.717, 1.165) is 0 Å². The van der Waals surface area contributed by atoms with Gasteiger partial charge in [0.15, 0.2) is 11.5 Å². The second kappa shape index (κ2) is 4.63. The Labute approximate surface area is 99.6 Å². The maximum atomic E-state index is 11.9. The fourth-order valence-electron chi connectivity index (χ4n) is 1.43. The van der Waals surface area contributed by atoms with Crippen LogP contribution in [0.5, 0.6) is 0 Å². The zero-order valence-corrected chi connectivity index (χ0v) is 9.11. The van der Waals surface area contributed by atoms with E-state index in [-0.39, 0.29) is 6.54 Å². The first-order valence-corrected chi connectivity index (χ1v) is 5.08. The van der Waals surface area contributed by atoms with Crippen molar-refractivity contribution in [1.29, 1.82) is 0 Å². The van der Waals surface area contributed by atoms with Crippen molar-refractivity contribution in [2.75, 3.05) is 0 Å². The molecule has 18 heavy (non-hydrogen) atoms. The Morgan fingerprint density at radius 2 is 2.11 bits per heavy atom. The van der Waals surface area contributed by atoms with Crippen molar-refractivity contribution in [1.82, 2.24) is 19.9 Å². The molecule has 2 rings (SSSR count). The van der Waals surface area contributed by atoms with Crippen LogP contribution < -0.4 is 5.32 Å². The van der Waals surface area contributed by atoms with Gasteiger partial charge in [0.25, 0.3) is 0 Å². The van der Waals surface area contributed by atoms with Gasteiger partial charge in [0.2, 0.25) is 5.91 Å². The van der Waals surface area contributed by atoms with Gasteiger partial charge in [0.1, 0.15) is 6.42 Å². The Bertz CT molecular complexity index is 563. The highest BCUT2D eigenvalue weighted by Gasteiger charge is 2.31. The molecule has 0 aromatic carbocycles. The Morgan fingerprint density at radius 3 is 2.83 bits per heavy atom. The molecule has 0 aliphatic heterocycles. The quantitative estimate of drug-likeness (QED) is 0.902. The second-order valence-corrected chi connectivity index (χ2v) is 3.61. The molecule has 2 heterocycles. The Morgan fingerprint density at radius 1 is 1.33 bits per heavy atom. The minimum atomic E-state index is -4.50. The fraction of sp³-hybridized carbons (Fsp3) is 0.300. The number of alkyl halides is 3. The highest BCUT2D eigenvalue weighted by atomic mass is 19.4. The van der Waals surface area contributed by atoms with Crippen molar-refractivity contribution < 1.29 is 18.0 Å². The molecular formula is C10H9F3N4O. The molecule has 0 aliphatic rings. The summed E-state index contributed by atoms with van der Waals surface area (Å²) in [6.45, 7) is -0.0971.